The number of ether oxygens (including phenoxy) is 2. The maximum Gasteiger partial charge on any atom is 0.408 e. The zero-order valence-corrected chi connectivity index (χ0v) is 29.0. The van der Waals surface area contributed by atoms with Crippen molar-refractivity contribution >= 4 is 17.0 Å². The first kappa shape index (κ1) is 35.2. The molecular formula is C42H44FN3O6. The molecule has 0 aliphatic carbocycles. The number of H-pyrrole nitrogens is 1. The number of aryl methyl sites for hydroxylation is 1. The van der Waals surface area contributed by atoms with E-state index in [9.17, 15) is 24.2 Å². The van der Waals surface area contributed by atoms with Crippen LogP contribution in [-0.4, -0.2) is 51.9 Å². The minimum absolute atomic E-state index is 0.0260. The van der Waals surface area contributed by atoms with E-state index in [2.05, 4.69) is 27.3 Å². The van der Waals surface area contributed by atoms with Crippen LogP contribution in [0.3, 0.4) is 0 Å². The van der Waals surface area contributed by atoms with E-state index in [1.165, 1.54) is 24.3 Å². The van der Waals surface area contributed by atoms with Crippen molar-refractivity contribution in [3.05, 3.63) is 141 Å². The summed E-state index contributed by atoms with van der Waals surface area (Å²) >= 11 is 0. The molecule has 4 heterocycles. The van der Waals surface area contributed by atoms with E-state index in [0.29, 0.717) is 46.7 Å². The van der Waals surface area contributed by atoms with Crippen molar-refractivity contribution in [3.8, 4) is 11.5 Å². The lowest BCUT2D eigenvalue weighted by atomic mass is 9.86. The van der Waals surface area contributed by atoms with Crippen molar-refractivity contribution in [2.75, 3.05) is 19.6 Å². The number of piperidine rings is 3. The minimum atomic E-state index is -0.726. The fraction of sp³-hybridized carbons (Fsp3) is 0.333. The molecule has 3 fully saturated rings. The van der Waals surface area contributed by atoms with E-state index in [1.807, 2.05) is 36.4 Å². The summed E-state index contributed by atoms with van der Waals surface area (Å²) in [5, 5.41) is 24.7. The van der Waals surface area contributed by atoms with Gasteiger partial charge >= 0.3 is 6.09 Å². The number of carbonyl (C=O) groups is 1. The summed E-state index contributed by atoms with van der Waals surface area (Å²) in [7, 11) is 0. The van der Waals surface area contributed by atoms with Crippen molar-refractivity contribution in [2.45, 2.75) is 63.4 Å². The Morgan fingerprint density at radius 2 is 1.69 bits per heavy atom. The lowest BCUT2D eigenvalue weighted by Crippen LogP contribution is -2.52. The number of rotatable bonds is 13. The first-order valence-corrected chi connectivity index (χ1v) is 18.1. The molecular weight excluding hydrogens is 661 g/mol. The highest BCUT2D eigenvalue weighted by Crippen LogP contribution is 2.32. The van der Waals surface area contributed by atoms with Crippen molar-refractivity contribution in [1.82, 2.24) is 15.2 Å². The lowest BCUT2D eigenvalue weighted by Gasteiger charge is -2.43. The number of halogens is 1. The van der Waals surface area contributed by atoms with E-state index in [0.717, 1.165) is 68.4 Å². The Morgan fingerprint density at radius 3 is 2.48 bits per heavy atom. The number of phenols is 1. The number of nitrogens with one attached hydrogen (secondary N) is 2. The van der Waals surface area contributed by atoms with Gasteiger partial charge in [0.1, 0.15) is 30.0 Å². The summed E-state index contributed by atoms with van der Waals surface area (Å²) in [4.78, 5) is 29.9. The molecule has 3 saturated heterocycles. The van der Waals surface area contributed by atoms with Gasteiger partial charge in [0, 0.05) is 18.0 Å². The van der Waals surface area contributed by atoms with Crippen LogP contribution in [0, 0.1) is 11.7 Å². The Kier molecular flexibility index (Phi) is 10.8. The minimum Gasteiger partial charge on any atom is -0.506 e. The van der Waals surface area contributed by atoms with Crippen molar-refractivity contribution < 1.29 is 28.9 Å². The number of alkyl carbamates (subject to hydrolysis) is 1. The molecule has 8 rings (SSSR count). The monoisotopic (exact) mass is 705 g/mol. The number of unbranched alkanes of at least 4 members (excludes halogenated alkanes) is 1. The standard InChI is InChI=1S/C42H44FN3O6/c43-32-11-4-9-30(23-32)40(45-42(50)52-38-25-46-20-18-29(38)19-21-46)31-10-5-12-33(24-31)51-26-28-8-3-7-27(22-28)6-1-2-13-36(47)34-14-16-37(48)41-35(34)15-17-39(49)44-41/h3-5,7-12,14-17,22-24,29,36,38,40,47-48H,1-2,6,13,18-21,25-26H2,(H,44,49)(H,45,50)/t36-,38-,40?/m0/s1. The van der Waals surface area contributed by atoms with E-state index in [-0.39, 0.29) is 23.2 Å². The van der Waals surface area contributed by atoms with E-state index < -0.39 is 18.2 Å². The van der Waals surface area contributed by atoms with Gasteiger partial charge in [-0.3, -0.25) is 9.69 Å². The van der Waals surface area contributed by atoms with Crippen molar-refractivity contribution in [2.24, 2.45) is 5.92 Å². The predicted molar refractivity (Wildman–Crippen MR) is 197 cm³/mol. The van der Waals surface area contributed by atoms with Crippen LogP contribution in [0.4, 0.5) is 9.18 Å². The number of carbonyl (C=O) groups excluding carboxylic acids is 1. The molecule has 270 valence electrons. The first-order valence-electron chi connectivity index (χ1n) is 18.1. The number of amides is 1. The van der Waals surface area contributed by atoms with Crippen LogP contribution in [0.1, 0.15) is 72.1 Å². The van der Waals surface area contributed by atoms with Crippen molar-refractivity contribution in [3.63, 3.8) is 0 Å². The molecule has 3 atom stereocenters. The van der Waals surface area contributed by atoms with E-state index in [4.69, 9.17) is 9.47 Å². The number of benzene rings is 4. The number of hydrogen-bond acceptors (Lipinski definition) is 7. The molecule has 4 N–H and O–H groups in total. The van der Waals surface area contributed by atoms with Crippen molar-refractivity contribution in [1.29, 1.82) is 0 Å². The summed E-state index contributed by atoms with van der Waals surface area (Å²) in [5.41, 5.74) is 4.22. The molecule has 5 aromatic rings. The van der Waals surface area contributed by atoms with Gasteiger partial charge in [0.15, 0.2) is 0 Å². The van der Waals surface area contributed by atoms with Crippen LogP contribution in [-0.2, 0) is 17.8 Å². The third-order valence-electron chi connectivity index (χ3n) is 10.3. The second kappa shape index (κ2) is 16.0. The molecule has 0 saturated carbocycles. The Bertz CT molecular complexity index is 2080. The van der Waals surface area contributed by atoms with Crippen LogP contribution in [0.2, 0.25) is 0 Å². The van der Waals surface area contributed by atoms with Crippen LogP contribution in [0.15, 0.2) is 102 Å². The molecule has 0 radical (unpaired) electrons. The molecule has 1 aromatic heterocycles. The zero-order valence-electron chi connectivity index (χ0n) is 29.0. The van der Waals surface area contributed by atoms with Crippen LogP contribution in [0.25, 0.3) is 10.9 Å². The number of fused-ring (bicyclic) bond motifs is 4. The fourth-order valence-corrected chi connectivity index (χ4v) is 7.58. The molecule has 4 aromatic carbocycles. The maximum atomic E-state index is 14.4. The molecule has 3 aliphatic heterocycles. The molecule has 10 heteroatoms. The summed E-state index contributed by atoms with van der Waals surface area (Å²) in [5.74, 6) is 0.584. The average molecular weight is 706 g/mol. The quantitative estimate of drug-likeness (QED) is 0.0948. The highest BCUT2D eigenvalue weighted by Gasteiger charge is 2.37. The van der Waals surface area contributed by atoms with Crippen LogP contribution in [0.5, 0.6) is 11.5 Å². The topological polar surface area (TPSA) is 124 Å². The second-order valence-corrected chi connectivity index (χ2v) is 13.9. The summed E-state index contributed by atoms with van der Waals surface area (Å²) in [6, 6.07) is 27.5. The first-order chi connectivity index (χ1) is 25.3. The highest BCUT2D eigenvalue weighted by atomic mass is 19.1. The van der Waals surface area contributed by atoms with Crippen LogP contribution >= 0.6 is 0 Å². The normalized spacial score (nSPS) is 19.2. The third-order valence-corrected chi connectivity index (χ3v) is 10.3. The molecule has 2 bridgehead atoms. The number of aliphatic hydroxyl groups is 1. The van der Waals surface area contributed by atoms with Gasteiger partial charge in [-0.05, 0) is 115 Å². The molecule has 1 amide bonds. The Balaban J connectivity index is 0.950. The number of pyridine rings is 1. The summed E-state index contributed by atoms with van der Waals surface area (Å²) < 4.78 is 26.5. The zero-order chi connectivity index (χ0) is 36.0. The number of aromatic nitrogens is 1. The summed E-state index contributed by atoms with van der Waals surface area (Å²) in [6.07, 6.45) is 3.70. The summed E-state index contributed by atoms with van der Waals surface area (Å²) in [6.45, 7) is 3.19. The number of aromatic hydroxyl groups is 1. The second-order valence-electron chi connectivity index (χ2n) is 13.9. The predicted octanol–water partition coefficient (Wildman–Crippen LogP) is 7.31. The number of phenolic OH excluding ortho intramolecular Hbond substituents is 1. The van der Waals surface area contributed by atoms with Gasteiger partial charge < -0.3 is 30.0 Å². The number of aromatic amines is 1. The lowest BCUT2D eigenvalue weighted by molar-refractivity contribution is -0.0336. The molecule has 9 nitrogen and oxygen atoms in total. The van der Waals surface area contributed by atoms with E-state index in [1.54, 1.807) is 24.3 Å². The Hall–Kier alpha value is -5.19. The Labute approximate surface area is 302 Å². The smallest absolute Gasteiger partial charge is 0.408 e. The molecule has 0 spiro atoms. The van der Waals surface area contributed by atoms with Gasteiger partial charge in [0.25, 0.3) is 0 Å². The molecule has 52 heavy (non-hydrogen) atoms. The van der Waals surface area contributed by atoms with Gasteiger partial charge in [0.05, 0.1) is 17.7 Å². The number of hydrogen-bond donors (Lipinski definition) is 4. The average Bonchev–Trinajstić information content (AvgIpc) is 3.16. The van der Waals surface area contributed by atoms with Gasteiger partial charge in [-0.15, -0.1) is 0 Å². The highest BCUT2D eigenvalue weighted by molar-refractivity contribution is 5.87. The van der Waals surface area contributed by atoms with Gasteiger partial charge in [-0.25, -0.2) is 9.18 Å². The van der Waals surface area contributed by atoms with E-state index >= 15 is 0 Å². The fourth-order valence-electron chi connectivity index (χ4n) is 7.58. The van der Waals surface area contributed by atoms with Gasteiger partial charge in [-0.1, -0.05) is 61.0 Å². The number of nitrogens with zero attached hydrogens (tertiary/aromatic N) is 1. The third kappa shape index (κ3) is 8.46. The SMILES string of the molecule is O=C(NC(c1cccc(F)c1)c1cccc(OCc2cccc(CCCC[C@H](O)c3ccc(O)c4[nH]c(=O)ccc34)c2)c1)O[C@H]1CN2CCC1CC2. The number of aliphatic hydroxyl groups excluding tert-OH is 1. The van der Waals surface area contributed by atoms with Crippen LogP contribution < -0.4 is 15.6 Å². The maximum absolute atomic E-state index is 14.4. The van der Waals surface area contributed by atoms with Gasteiger partial charge in [-0.2, -0.15) is 0 Å². The largest absolute Gasteiger partial charge is 0.506 e. The molecule has 1 unspecified atom stereocenters. The van der Waals surface area contributed by atoms with Gasteiger partial charge in [0.2, 0.25) is 5.56 Å². The molecule has 3 aliphatic rings. The Morgan fingerprint density at radius 1 is 0.923 bits per heavy atom.